The molecule has 4 aliphatic carbocycles. The second-order valence-corrected chi connectivity index (χ2v) is 11.0. The van der Waals surface area contributed by atoms with Crippen molar-refractivity contribution < 1.29 is 9.59 Å². The zero-order chi connectivity index (χ0) is 22.3. The molecule has 2 amide bonds. The van der Waals surface area contributed by atoms with E-state index in [1.54, 1.807) is 9.80 Å². The second-order valence-electron chi connectivity index (χ2n) is 11.0. The highest BCUT2D eigenvalue weighted by Gasteiger charge is 2.57. The molecule has 8 nitrogen and oxygen atoms in total. The Morgan fingerprint density at radius 3 is 1.66 bits per heavy atom. The third kappa shape index (κ3) is 3.89. The van der Waals surface area contributed by atoms with Crippen LogP contribution in [0.2, 0.25) is 0 Å². The molecule has 0 aromatic carbocycles. The highest BCUT2D eigenvalue weighted by molar-refractivity contribution is 5.80. The molecule has 6 rings (SSSR count). The summed E-state index contributed by atoms with van der Waals surface area (Å²) >= 11 is 0. The van der Waals surface area contributed by atoms with Crippen LogP contribution >= 0.6 is 0 Å². The van der Waals surface area contributed by atoms with Gasteiger partial charge in [0.15, 0.2) is 0 Å². The predicted molar refractivity (Wildman–Crippen MR) is 117 cm³/mol. The smallest absolute Gasteiger partial charge is 0.237 e. The van der Waals surface area contributed by atoms with Crippen molar-refractivity contribution in [2.45, 2.75) is 87.4 Å². The van der Waals surface area contributed by atoms with Crippen molar-refractivity contribution in [3.63, 3.8) is 0 Å². The molecular formula is C24H34N6O2. The van der Waals surface area contributed by atoms with Gasteiger partial charge in [0.25, 0.3) is 0 Å². The molecule has 0 aromatic rings. The van der Waals surface area contributed by atoms with Gasteiger partial charge in [-0.25, -0.2) is 0 Å². The Morgan fingerprint density at radius 2 is 1.25 bits per heavy atom. The molecule has 0 unspecified atom stereocenters. The Bertz CT molecular complexity index is 780. The first-order valence-corrected chi connectivity index (χ1v) is 12.3. The topological polar surface area (TPSA) is 112 Å². The molecule has 4 bridgehead atoms. The molecule has 2 atom stereocenters. The fraction of sp³-hybridized carbons (Fsp3) is 0.833. The van der Waals surface area contributed by atoms with Gasteiger partial charge in [0.2, 0.25) is 11.8 Å². The van der Waals surface area contributed by atoms with Crippen LogP contribution in [0, 0.1) is 34.5 Å². The van der Waals surface area contributed by atoms with Gasteiger partial charge in [-0.15, -0.1) is 0 Å². The van der Waals surface area contributed by atoms with E-state index < -0.39 is 0 Å². The normalized spacial score (nSPS) is 39.8. The van der Waals surface area contributed by atoms with Crippen LogP contribution in [0.1, 0.15) is 64.2 Å². The fourth-order valence-electron chi connectivity index (χ4n) is 7.80. The number of nitrogens with zero attached hydrogens (tertiary/aromatic N) is 4. The van der Waals surface area contributed by atoms with Crippen LogP contribution in [-0.4, -0.2) is 71.0 Å². The number of rotatable bonds is 6. The zero-order valence-electron chi connectivity index (χ0n) is 18.8. The highest BCUT2D eigenvalue weighted by atomic mass is 16.2. The lowest BCUT2D eigenvalue weighted by molar-refractivity contribution is -0.132. The molecular weight excluding hydrogens is 404 g/mol. The maximum atomic E-state index is 12.8. The van der Waals surface area contributed by atoms with Crippen molar-refractivity contribution in [2.75, 3.05) is 26.2 Å². The first kappa shape index (κ1) is 21.7. The average Bonchev–Trinajstić information content (AvgIpc) is 3.44. The van der Waals surface area contributed by atoms with E-state index in [-0.39, 0.29) is 35.0 Å². The SMILES string of the molecule is N#C[C@@H]1CCCN1C(=O)CNC12CC3CC(C1)CC(NCC(=O)N1CCC[C@H]1C#N)(C3)C2. The number of hydrogen-bond donors (Lipinski definition) is 2. The Morgan fingerprint density at radius 1 is 0.812 bits per heavy atom. The molecule has 2 saturated heterocycles. The van der Waals surface area contributed by atoms with Gasteiger partial charge in [0.1, 0.15) is 12.1 Å². The van der Waals surface area contributed by atoms with E-state index in [2.05, 4.69) is 22.8 Å². The van der Waals surface area contributed by atoms with E-state index in [0.29, 0.717) is 38.0 Å². The maximum Gasteiger partial charge on any atom is 0.237 e. The van der Waals surface area contributed by atoms with E-state index in [9.17, 15) is 20.1 Å². The highest BCUT2D eigenvalue weighted by Crippen LogP contribution is 2.57. The summed E-state index contributed by atoms with van der Waals surface area (Å²) in [5.74, 6) is 1.33. The van der Waals surface area contributed by atoms with E-state index in [1.165, 1.54) is 6.42 Å². The molecule has 8 heteroatoms. The van der Waals surface area contributed by atoms with Gasteiger partial charge in [-0.3, -0.25) is 9.59 Å². The first-order chi connectivity index (χ1) is 15.4. The number of nitrogens with one attached hydrogen (secondary N) is 2. The molecule has 2 N–H and O–H groups in total. The number of amides is 2. The Balaban J connectivity index is 1.22. The lowest BCUT2D eigenvalue weighted by Gasteiger charge is -2.62. The Hall–Kier alpha value is -2.16. The molecule has 0 aromatic heterocycles. The van der Waals surface area contributed by atoms with Crippen LogP contribution < -0.4 is 10.6 Å². The van der Waals surface area contributed by atoms with Gasteiger partial charge in [-0.05, 0) is 76.0 Å². The summed E-state index contributed by atoms with van der Waals surface area (Å²) in [7, 11) is 0. The molecule has 32 heavy (non-hydrogen) atoms. The standard InChI is InChI=1S/C24H34N6O2/c25-12-19-3-1-5-29(19)21(31)14-27-23-8-17-7-18(9-23)11-24(10-17,16-23)28-15-22(32)30-6-2-4-20(30)13-26/h17-20,27-28H,1-11,14-16H2/t17?,18?,19-,20-,23?,24?/m0/s1. The minimum atomic E-state index is -0.275. The van der Waals surface area contributed by atoms with Gasteiger partial charge < -0.3 is 20.4 Å². The van der Waals surface area contributed by atoms with Gasteiger partial charge in [0, 0.05) is 24.2 Å². The van der Waals surface area contributed by atoms with Gasteiger partial charge in [-0.1, -0.05) is 0 Å². The zero-order valence-corrected chi connectivity index (χ0v) is 18.8. The van der Waals surface area contributed by atoms with Gasteiger partial charge >= 0.3 is 0 Å². The van der Waals surface area contributed by atoms with Crippen molar-refractivity contribution in [1.29, 1.82) is 10.5 Å². The third-order valence-electron chi connectivity index (χ3n) is 8.73. The molecule has 0 spiro atoms. The van der Waals surface area contributed by atoms with Crippen molar-refractivity contribution in [2.24, 2.45) is 11.8 Å². The fourth-order valence-corrected chi connectivity index (χ4v) is 7.80. The molecule has 172 valence electrons. The van der Waals surface area contributed by atoms with Crippen molar-refractivity contribution in [1.82, 2.24) is 20.4 Å². The number of hydrogen-bond acceptors (Lipinski definition) is 6. The van der Waals surface area contributed by atoms with Crippen LogP contribution in [0.15, 0.2) is 0 Å². The lowest BCUT2D eigenvalue weighted by atomic mass is 9.50. The minimum absolute atomic E-state index is 0.0403. The second kappa shape index (κ2) is 8.32. The van der Waals surface area contributed by atoms with Crippen LogP contribution in [0.3, 0.4) is 0 Å². The van der Waals surface area contributed by atoms with Crippen molar-refractivity contribution in [3.8, 4) is 12.1 Å². The molecule has 4 saturated carbocycles. The summed E-state index contributed by atoms with van der Waals surface area (Å²) in [5.41, 5.74) is -0.110. The quantitative estimate of drug-likeness (QED) is 0.646. The lowest BCUT2D eigenvalue weighted by Crippen LogP contribution is -2.69. The Kier molecular flexibility index (Phi) is 5.63. The first-order valence-electron chi connectivity index (χ1n) is 12.3. The third-order valence-corrected chi connectivity index (χ3v) is 8.73. The number of nitriles is 2. The molecule has 6 fully saturated rings. The van der Waals surface area contributed by atoms with Gasteiger partial charge in [-0.2, -0.15) is 10.5 Å². The molecule has 2 aliphatic heterocycles. The molecule has 0 radical (unpaired) electrons. The summed E-state index contributed by atoms with van der Waals surface area (Å²) in [6, 6.07) is 3.98. The largest absolute Gasteiger partial charge is 0.326 e. The summed E-state index contributed by atoms with van der Waals surface area (Å²) in [6.45, 7) is 1.96. The van der Waals surface area contributed by atoms with Crippen molar-refractivity contribution in [3.05, 3.63) is 0 Å². The summed E-state index contributed by atoms with van der Waals surface area (Å²) in [5, 5.41) is 25.9. The number of carbonyl (C=O) groups excluding carboxylic acids is 2. The van der Waals surface area contributed by atoms with E-state index in [4.69, 9.17) is 0 Å². The predicted octanol–water partition coefficient (Wildman–Crippen LogP) is 1.29. The molecule has 6 aliphatic rings. The van der Waals surface area contributed by atoms with Crippen LogP contribution in [0.5, 0.6) is 0 Å². The van der Waals surface area contributed by atoms with E-state index in [0.717, 1.165) is 57.8 Å². The Labute approximate surface area is 190 Å². The van der Waals surface area contributed by atoms with Gasteiger partial charge in [0.05, 0.1) is 25.2 Å². The number of carbonyl (C=O) groups is 2. The van der Waals surface area contributed by atoms with Crippen LogP contribution in [0.25, 0.3) is 0 Å². The summed E-state index contributed by atoms with van der Waals surface area (Å²) in [4.78, 5) is 29.1. The average molecular weight is 439 g/mol. The maximum absolute atomic E-state index is 12.8. The van der Waals surface area contributed by atoms with E-state index in [1.807, 2.05) is 0 Å². The summed E-state index contributed by atoms with van der Waals surface area (Å²) < 4.78 is 0. The van der Waals surface area contributed by atoms with Crippen molar-refractivity contribution >= 4 is 11.8 Å². The van der Waals surface area contributed by atoms with Crippen LogP contribution in [0.4, 0.5) is 0 Å². The minimum Gasteiger partial charge on any atom is -0.326 e. The summed E-state index contributed by atoms with van der Waals surface area (Å²) in [6.07, 6.45) is 9.95. The monoisotopic (exact) mass is 438 g/mol. The van der Waals surface area contributed by atoms with Crippen LogP contribution in [-0.2, 0) is 9.59 Å². The van der Waals surface area contributed by atoms with E-state index >= 15 is 0 Å². The number of likely N-dealkylation sites (tertiary alicyclic amines) is 2. The molecule has 2 heterocycles.